The number of carbonyl (C=O) groups excluding carboxylic acids is 2. The van der Waals surface area contributed by atoms with Crippen molar-refractivity contribution < 1.29 is 24.4 Å². The summed E-state index contributed by atoms with van der Waals surface area (Å²) in [6.07, 6.45) is -1.66. The minimum absolute atomic E-state index is 0.0115. The van der Waals surface area contributed by atoms with Gasteiger partial charge >= 0.3 is 6.09 Å². The van der Waals surface area contributed by atoms with E-state index in [9.17, 15) is 24.8 Å². The van der Waals surface area contributed by atoms with E-state index in [1.54, 1.807) is 20.8 Å². The normalized spacial score (nSPS) is 19.4. The van der Waals surface area contributed by atoms with Gasteiger partial charge in [0.25, 0.3) is 5.69 Å². The van der Waals surface area contributed by atoms with Gasteiger partial charge in [0.2, 0.25) is 0 Å². The number of ketones is 1. The van der Waals surface area contributed by atoms with E-state index in [-0.39, 0.29) is 36.5 Å². The van der Waals surface area contributed by atoms with Gasteiger partial charge < -0.3 is 14.7 Å². The molecule has 8 heteroatoms. The molecule has 1 aromatic carbocycles. The Morgan fingerprint density at radius 1 is 1.44 bits per heavy atom. The Hall–Kier alpha value is -2.48. The number of carbonyl (C=O) groups is 2. The third kappa shape index (κ3) is 4.76. The fourth-order valence-electron chi connectivity index (χ4n) is 2.68. The number of aliphatic hydroxyl groups excluding tert-OH is 1. The first-order valence-corrected chi connectivity index (χ1v) is 8.01. The average Bonchev–Trinajstić information content (AvgIpc) is 2.53. The third-order valence-electron chi connectivity index (χ3n) is 3.91. The molecule has 0 unspecified atom stereocenters. The van der Waals surface area contributed by atoms with Crippen LogP contribution < -0.4 is 0 Å². The summed E-state index contributed by atoms with van der Waals surface area (Å²) in [5.74, 6) is -1.03. The summed E-state index contributed by atoms with van der Waals surface area (Å²) in [5, 5.41) is 21.4. The number of ether oxygens (including phenoxy) is 1. The Bertz CT molecular complexity index is 682. The van der Waals surface area contributed by atoms with Crippen molar-refractivity contribution >= 4 is 17.6 Å². The number of nitro groups is 1. The van der Waals surface area contributed by atoms with E-state index in [1.165, 1.54) is 29.2 Å². The zero-order chi connectivity index (χ0) is 18.8. The first-order chi connectivity index (χ1) is 11.6. The molecular formula is C17H22N2O6. The summed E-state index contributed by atoms with van der Waals surface area (Å²) >= 11 is 0. The molecule has 0 spiro atoms. The number of hydrogen-bond acceptors (Lipinski definition) is 6. The van der Waals surface area contributed by atoms with Crippen molar-refractivity contribution in [2.75, 3.05) is 13.1 Å². The predicted molar refractivity (Wildman–Crippen MR) is 89.0 cm³/mol. The highest BCUT2D eigenvalue weighted by atomic mass is 16.6. The van der Waals surface area contributed by atoms with Crippen molar-refractivity contribution in [1.82, 2.24) is 4.90 Å². The van der Waals surface area contributed by atoms with Crippen LogP contribution in [0.4, 0.5) is 10.5 Å². The quantitative estimate of drug-likeness (QED) is 0.662. The van der Waals surface area contributed by atoms with Crippen molar-refractivity contribution in [3.8, 4) is 0 Å². The second kappa shape index (κ2) is 7.18. The van der Waals surface area contributed by atoms with Crippen LogP contribution >= 0.6 is 0 Å². The van der Waals surface area contributed by atoms with Gasteiger partial charge in [-0.25, -0.2) is 4.79 Å². The lowest BCUT2D eigenvalue weighted by atomic mass is 9.87. The lowest BCUT2D eigenvalue weighted by Gasteiger charge is -2.35. The van der Waals surface area contributed by atoms with Crippen LogP contribution in [0.15, 0.2) is 24.3 Å². The second-order valence-electron chi connectivity index (χ2n) is 7.05. The molecule has 0 saturated carbocycles. The number of aliphatic hydroxyl groups is 1. The molecule has 1 amide bonds. The van der Waals surface area contributed by atoms with Gasteiger partial charge in [-0.15, -0.1) is 0 Å². The fourth-order valence-corrected chi connectivity index (χ4v) is 2.68. The fraction of sp³-hybridized carbons (Fsp3) is 0.529. The summed E-state index contributed by atoms with van der Waals surface area (Å²) in [7, 11) is 0. The molecule has 0 aliphatic carbocycles. The van der Waals surface area contributed by atoms with E-state index in [0.717, 1.165) is 0 Å². The Balaban J connectivity index is 2.16. The van der Waals surface area contributed by atoms with Crippen LogP contribution in [0.2, 0.25) is 0 Å². The number of amides is 1. The lowest BCUT2D eigenvalue weighted by molar-refractivity contribution is -0.385. The Morgan fingerprint density at radius 3 is 2.72 bits per heavy atom. The zero-order valence-corrected chi connectivity index (χ0v) is 14.5. The second-order valence-corrected chi connectivity index (χ2v) is 7.05. The monoisotopic (exact) mass is 350 g/mol. The first-order valence-electron chi connectivity index (χ1n) is 8.01. The number of Topliss-reactive ketones (excluding diaryl/α,β-unsaturated/α-hetero) is 1. The molecule has 8 nitrogen and oxygen atoms in total. The number of nitro benzene ring substituents is 1. The summed E-state index contributed by atoms with van der Waals surface area (Å²) < 4.78 is 5.30. The van der Waals surface area contributed by atoms with Crippen molar-refractivity contribution in [2.45, 2.75) is 38.9 Å². The van der Waals surface area contributed by atoms with Crippen LogP contribution in [0.3, 0.4) is 0 Å². The van der Waals surface area contributed by atoms with E-state index < -0.39 is 28.6 Å². The van der Waals surface area contributed by atoms with Gasteiger partial charge in [0.15, 0.2) is 0 Å². The molecule has 1 saturated heterocycles. The SMILES string of the molecule is CC(C)(C)OC(=O)N1CCC(=O)[C@@H]([C@H](O)c2cccc([N+](=O)[O-])c2)C1. The van der Waals surface area contributed by atoms with Crippen molar-refractivity contribution in [1.29, 1.82) is 0 Å². The van der Waals surface area contributed by atoms with Gasteiger partial charge in [0.1, 0.15) is 11.4 Å². The molecule has 136 valence electrons. The number of non-ortho nitro benzene ring substituents is 1. The Morgan fingerprint density at radius 2 is 2.12 bits per heavy atom. The number of rotatable bonds is 3. The highest BCUT2D eigenvalue weighted by Crippen LogP contribution is 2.30. The molecule has 2 atom stereocenters. The molecule has 1 fully saturated rings. The maximum absolute atomic E-state index is 12.2. The van der Waals surface area contributed by atoms with Crippen LogP contribution in [0.1, 0.15) is 38.9 Å². The molecule has 2 rings (SSSR count). The summed E-state index contributed by atoms with van der Waals surface area (Å²) in [6, 6.07) is 5.53. The smallest absolute Gasteiger partial charge is 0.410 e. The maximum Gasteiger partial charge on any atom is 0.410 e. The molecule has 0 radical (unpaired) electrons. The van der Waals surface area contributed by atoms with E-state index >= 15 is 0 Å². The van der Waals surface area contributed by atoms with E-state index in [0.29, 0.717) is 0 Å². The van der Waals surface area contributed by atoms with E-state index in [2.05, 4.69) is 0 Å². The van der Waals surface area contributed by atoms with Crippen LogP contribution in [0.5, 0.6) is 0 Å². The highest BCUT2D eigenvalue weighted by molar-refractivity contribution is 5.84. The topological polar surface area (TPSA) is 110 Å². The maximum atomic E-state index is 12.2. The van der Waals surface area contributed by atoms with Gasteiger partial charge in [0, 0.05) is 31.6 Å². The molecular weight excluding hydrogens is 328 g/mol. The number of piperidine rings is 1. The zero-order valence-electron chi connectivity index (χ0n) is 14.5. The molecule has 25 heavy (non-hydrogen) atoms. The minimum Gasteiger partial charge on any atom is -0.444 e. The van der Waals surface area contributed by atoms with Crippen molar-refractivity contribution in [3.63, 3.8) is 0 Å². The predicted octanol–water partition coefficient (Wildman–Crippen LogP) is 2.45. The molecule has 1 aliphatic heterocycles. The number of nitrogens with zero attached hydrogens (tertiary/aromatic N) is 2. The Kier molecular flexibility index (Phi) is 5.42. The highest BCUT2D eigenvalue weighted by Gasteiger charge is 2.37. The minimum atomic E-state index is -1.22. The van der Waals surface area contributed by atoms with Gasteiger partial charge in [-0.3, -0.25) is 14.9 Å². The summed E-state index contributed by atoms with van der Waals surface area (Å²) in [4.78, 5) is 36.1. The van der Waals surface area contributed by atoms with Gasteiger partial charge in [-0.2, -0.15) is 0 Å². The molecule has 0 bridgehead atoms. The summed E-state index contributed by atoms with van der Waals surface area (Å²) in [5.41, 5.74) is -0.547. The number of benzene rings is 1. The lowest BCUT2D eigenvalue weighted by Crippen LogP contribution is -2.47. The van der Waals surface area contributed by atoms with Crippen LogP contribution in [-0.4, -0.2) is 45.5 Å². The van der Waals surface area contributed by atoms with E-state index in [4.69, 9.17) is 4.74 Å². The number of likely N-dealkylation sites (tertiary alicyclic amines) is 1. The molecule has 1 N–H and O–H groups in total. The summed E-state index contributed by atoms with van der Waals surface area (Å²) in [6.45, 7) is 5.48. The van der Waals surface area contributed by atoms with Gasteiger partial charge in [-0.05, 0) is 26.3 Å². The van der Waals surface area contributed by atoms with Crippen LogP contribution in [0, 0.1) is 16.0 Å². The van der Waals surface area contributed by atoms with E-state index in [1.807, 2.05) is 0 Å². The third-order valence-corrected chi connectivity index (χ3v) is 3.91. The van der Waals surface area contributed by atoms with Crippen LogP contribution in [0.25, 0.3) is 0 Å². The molecule has 1 aliphatic rings. The average molecular weight is 350 g/mol. The molecule has 0 aromatic heterocycles. The first kappa shape index (κ1) is 18.9. The van der Waals surface area contributed by atoms with Crippen molar-refractivity contribution in [3.05, 3.63) is 39.9 Å². The molecule has 1 aromatic rings. The molecule has 1 heterocycles. The van der Waals surface area contributed by atoms with Crippen LogP contribution in [-0.2, 0) is 9.53 Å². The Labute approximate surface area is 145 Å². The van der Waals surface area contributed by atoms with Gasteiger partial charge in [0.05, 0.1) is 16.9 Å². The number of hydrogen-bond donors (Lipinski definition) is 1. The van der Waals surface area contributed by atoms with Crippen molar-refractivity contribution in [2.24, 2.45) is 5.92 Å². The van der Waals surface area contributed by atoms with Gasteiger partial charge in [-0.1, -0.05) is 12.1 Å². The largest absolute Gasteiger partial charge is 0.444 e. The standard InChI is InChI=1S/C17H22N2O6/c1-17(2,3)25-16(22)18-8-7-14(20)13(10-18)15(21)11-5-4-6-12(9-11)19(23)24/h4-6,9,13,15,21H,7-8,10H2,1-3H3/t13-,15+/m0/s1.